The molecule has 3 rings (SSSR count). The molecular weight excluding hydrogens is 398 g/mol. The van der Waals surface area contributed by atoms with Crippen molar-refractivity contribution in [2.45, 2.75) is 0 Å². The third kappa shape index (κ3) is 3.52. The molecule has 0 unspecified atom stereocenters. The summed E-state index contributed by atoms with van der Waals surface area (Å²) in [5.74, 6) is -1.37. The largest absolute Gasteiger partial charge is 0.466 e. The number of hydrazone groups is 1. The Bertz CT molecular complexity index is 845. The van der Waals surface area contributed by atoms with Crippen LogP contribution in [0.3, 0.4) is 0 Å². The van der Waals surface area contributed by atoms with Gasteiger partial charge >= 0.3 is 0 Å². The van der Waals surface area contributed by atoms with E-state index in [2.05, 4.69) is 31.8 Å². The van der Waals surface area contributed by atoms with Gasteiger partial charge in [-0.15, -0.1) is 5.10 Å². The first-order valence-electron chi connectivity index (χ1n) is 6.72. The van der Waals surface area contributed by atoms with E-state index in [-0.39, 0.29) is 18.4 Å². The summed E-state index contributed by atoms with van der Waals surface area (Å²) in [6, 6.07) is 6.56. The molecule has 2 aromatic rings. The number of amides is 2. The molecule has 24 heavy (non-hydrogen) atoms. The molecule has 0 bridgehead atoms. The summed E-state index contributed by atoms with van der Waals surface area (Å²) in [5.41, 5.74) is 3.75. The predicted octanol–water partition coefficient (Wildman–Crippen LogP) is 2.14. The fourth-order valence-electron chi connectivity index (χ4n) is 1.91. The second-order valence-corrected chi connectivity index (χ2v) is 6.33. The van der Waals surface area contributed by atoms with Gasteiger partial charge in [0.15, 0.2) is 6.61 Å². The predicted molar refractivity (Wildman–Crippen MR) is 92.1 cm³/mol. The van der Waals surface area contributed by atoms with Gasteiger partial charge < -0.3 is 10.1 Å². The van der Waals surface area contributed by atoms with Gasteiger partial charge in [0, 0.05) is 26.5 Å². The van der Waals surface area contributed by atoms with Crippen molar-refractivity contribution >= 4 is 56.4 Å². The van der Waals surface area contributed by atoms with Gasteiger partial charge in [0.05, 0.1) is 5.56 Å². The van der Waals surface area contributed by atoms with Crippen LogP contribution in [0.15, 0.2) is 44.6 Å². The number of anilines is 1. The molecule has 1 aliphatic rings. The standard InChI is InChI=1S/C15H10BrN3O4S/c16-11-7-24-6-10(11)13(21)14(22)17-9-3-1-8(2-4-9)15-19-18-12(20)5-23-15/h1-4,6-7H,5H2,(H,17,22)(H,18,20). The lowest BCUT2D eigenvalue weighted by Crippen LogP contribution is -2.32. The molecule has 0 saturated carbocycles. The van der Waals surface area contributed by atoms with E-state index in [9.17, 15) is 14.4 Å². The topological polar surface area (TPSA) is 96.9 Å². The Kier molecular flexibility index (Phi) is 4.72. The monoisotopic (exact) mass is 407 g/mol. The summed E-state index contributed by atoms with van der Waals surface area (Å²) in [4.78, 5) is 35.0. The molecular formula is C15H10BrN3O4S. The van der Waals surface area contributed by atoms with Crippen molar-refractivity contribution in [3.8, 4) is 0 Å². The van der Waals surface area contributed by atoms with Gasteiger partial charge in [-0.3, -0.25) is 14.4 Å². The minimum Gasteiger partial charge on any atom is -0.466 e. The second-order valence-electron chi connectivity index (χ2n) is 4.73. The first-order valence-corrected chi connectivity index (χ1v) is 8.45. The minimum absolute atomic E-state index is 0.0959. The molecule has 1 aromatic carbocycles. The van der Waals surface area contributed by atoms with Crippen LogP contribution in [0, 0.1) is 0 Å². The molecule has 7 nitrogen and oxygen atoms in total. The number of benzene rings is 1. The molecule has 0 spiro atoms. The molecule has 1 aromatic heterocycles. The zero-order valence-corrected chi connectivity index (χ0v) is 14.4. The van der Waals surface area contributed by atoms with E-state index in [0.717, 1.165) is 0 Å². The summed E-state index contributed by atoms with van der Waals surface area (Å²) in [6.07, 6.45) is 0. The van der Waals surface area contributed by atoms with Crippen LogP contribution in [-0.2, 0) is 14.3 Å². The highest BCUT2D eigenvalue weighted by Gasteiger charge is 2.20. The zero-order valence-electron chi connectivity index (χ0n) is 12.0. The fraction of sp³-hybridized carbons (Fsp3) is 0.0667. The van der Waals surface area contributed by atoms with E-state index in [4.69, 9.17) is 4.74 Å². The number of ketones is 1. The van der Waals surface area contributed by atoms with Crippen LogP contribution < -0.4 is 10.7 Å². The van der Waals surface area contributed by atoms with E-state index in [1.165, 1.54) is 11.3 Å². The molecule has 0 atom stereocenters. The first-order chi connectivity index (χ1) is 11.5. The summed E-state index contributed by atoms with van der Waals surface area (Å²) < 4.78 is 5.78. The van der Waals surface area contributed by atoms with Crippen LogP contribution in [0.4, 0.5) is 5.69 Å². The summed E-state index contributed by atoms with van der Waals surface area (Å²) in [6.45, 7) is -0.0959. The van der Waals surface area contributed by atoms with Gasteiger partial charge in [-0.1, -0.05) is 0 Å². The number of Topliss-reactive ketones (excluding diaryl/α,β-unsaturated/α-hetero) is 1. The molecule has 1 aliphatic heterocycles. The van der Waals surface area contributed by atoms with Crippen molar-refractivity contribution in [1.29, 1.82) is 0 Å². The Morgan fingerprint density at radius 1 is 1.25 bits per heavy atom. The summed E-state index contributed by atoms with van der Waals surface area (Å²) in [5, 5.41) is 9.68. The normalized spacial score (nSPS) is 13.5. The Morgan fingerprint density at radius 3 is 2.58 bits per heavy atom. The number of hydrogen-bond donors (Lipinski definition) is 2. The average Bonchev–Trinajstić information content (AvgIpc) is 3.01. The highest BCUT2D eigenvalue weighted by Crippen LogP contribution is 2.22. The number of ether oxygens (including phenoxy) is 1. The molecule has 0 radical (unpaired) electrons. The molecule has 0 fully saturated rings. The lowest BCUT2D eigenvalue weighted by atomic mass is 10.2. The summed E-state index contributed by atoms with van der Waals surface area (Å²) in [7, 11) is 0. The van der Waals surface area contributed by atoms with E-state index in [1.807, 2.05) is 0 Å². The van der Waals surface area contributed by atoms with Crippen molar-refractivity contribution in [3.63, 3.8) is 0 Å². The number of rotatable bonds is 4. The van der Waals surface area contributed by atoms with Crippen molar-refractivity contribution in [3.05, 3.63) is 50.6 Å². The highest BCUT2D eigenvalue weighted by molar-refractivity contribution is 9.10. The number of carbonyl (C=O) groups excluding carboxylic acids is 3. The smallest absolute Gasteiger partial charge is 0.296 e. The maximum atomic E-state index is 12.1. The molecule has 122 valence electrons. The minimum atomic E-state index is -0.722. The van der Waals surface area contributed by atoms with Crippen molar-refractivity contribution in [2.75, 3.05) is 11.9 Å². The van der Waals surface area contributed by atoms with Gasteiger partial charge in [-0.25, -0.2) is 5.43 Å². The van der Waals surface area contributed by atoms with Gasteiger partial charge in [0.2, 0.25) is 5.90 Å². The second kappa shape index (κ2) is 6.93. The number of carbonyl (C=O) groups is 3. The number of halogens is 1. The van der Waals surface area contributed by atoms with E-state index in [0.29, 0.717) is 21.3 Å². The van der Waals surface area contributed by atoms with Crippen molar-refractivity contribution in [1.82, 2.24) is 5.43 Å². The van der Waals surface area contributed by atoms with Gasteiger partial charge in [0.25, 0.3) is 17.6 Å². The maximum absolute atomic E-state index is 12.1. The van der Waals surface area contributed by atoms with Crippen LogP contribution >= 0.6 is 27.3 Å². The van der Waals surface area contributed by atoms with Gasteiger partial charge in [-0.2, -0.15) is 11.3 Å². The number of nitrogens with zero attached hydrogens (tertiary/aromatic N) is 1. The van der Waals surface area contributed by atoms with Crippen LogP contribution in [0.25, 0.3) is 0 Å². The third-order valence-electron chi connectivity index (χ3n) is 3.08. The number of thiophene rings is 1. The lowest BCUT2D eigenvalue weighted by Gasteiger charge is -2.13. The lowest BCUT2D eigenvalue weighted by molar-refractivity contribution is -0.124. The van der Waals surface area contributed by atoms with Crippen LogP contribution in [0.2, 0.25) is 0 Å². The fourth-order valence-corrected chi connectivity index (χ4v) is 3.36. The maximum Gasteiger partial charge on any atom is 0.296 e. The third-order valence-corrected chi connectivity index (χ3v) is 4.78. The van der Waals surface area contributed by atoms with Crippen molar-refractivity contribution in [2.24, 2.45) is 5.10 Å². The first kappa shape index (κ1) is 16.3. The molecule has 0 aliphatic carbocycles. The molecule has 2 amide bonds. The average molecular weight is 408 g/mol. The van der Waals surface area contributed by atoms with Crippen LogP contribution in [-0.4, -0.2) is 30.1 Å². The van der Waals surface area contributed by atoms with E-state index in [1.54, 1.807) is 35.0 Å². The Hall–Kier alpha value is -2.52. The Morgan fingerprint density at radius 2 is 2.00 bits per heavy atom. The highest BCUT2D eigenvalue weighted by atomic mass is 79.9. The molecule has 0 saturated heterocycles. The molecule has 2 heterocycles. The zero-order chi connectivity index (χ0) is 17.1. The SMILES string of the molecule is O=C1COC(c2ccc(NC(=O)C(=O)c3cscc3Br)cc2)=NN1. The van der Waals surface area contributed by atoms with Gasteiger partial charge in [0.1, 0.15) is 0 Å². The number of nitrogens with one attached hydrogen (secondary N) is 2. The van der Waals surface area contributed by atoms with Crippen LogP contribution in [0.5, 0.6) is 0 Å². The molecule has 9 heteroatoms. The van der Waals surface area contributed by atoms with Crippen LogP contribution in [0.1, 0.15) is 15.9 Å². The van der Waals surface area contributed by atoms with Gasteiger partial charge in [-0.05, 0) is 40.2 Å². The van der Waals surface area contributed by atoms with Crippen molar-refractivity contribution < 1.29 is 19.1 Å². The Labute approximate surface area is 148 Å². The molecule has 2 N–H and O–H groups in total. The van der Waals surface area contributed by atoms with E-state index < -0.39 is 11.7 Å². The Balaban J connectivity index is 1.68. The van der Waals surface area contributed by atoms with E-state index >= 15 is 0 Å². The summed E-state index contributed by atoms with van der Waals surface area (Å²) >= 11 is 4.56. The number of hydrogen-bond acceptors (Lipinski definition) is 6. The quantitative estimate of drug-likeness (QED) is 0.599.